The van der Waals surface area contributed by atoms with Gasteiger partial charge in [-0.1, -0.05) is 45.0 Å². The molecule has 0 aromatic heterocycles. The lowest BCUT2D eigenvalue weighted by molar-refractivity contribution is 0.0729. The molecule has 0 aliphatic heterocycles. The summed E-state index contributed by atoms with van der Waals surface area (Å²) >= 11 is 0. The Morgan fingerprint density at radius 3 is 1.84 bits per heavy atom. The minimum atomic E-state index is -2.97. The summed E-state index contributed by atoms with van der Waals surface area (Å²) in [5, 5.41) is 4.42. The highest BCUT2D eigenvalue weighted by Crippen LogP contribution is 2.19. The van der Waals surface area contributed by atoms with E-state index in [1.807, 2.05) is 19.1 Å². The quantitative estimate of drug-likeness (QED) is 0.414. The molecule has 0 aliphatic carbocycles. The normalized spacial score (nSPS) is 14.5. The molecule has 3 N–H and O–H groups in total. The molecule has 0 spiro atoms. The van der Waals surface area contributed by atoms with E-state index < -0.39 is 8.80 Å². The Bertz CT molecular complexity index is 464. The van der Waals surface area contributed by atoms with Gasteiger partial charge in [0.25, 0.3) is 0 Å². The molecule has 0 fully saturated rings. The molecule has 0 aliphatic rings. The Hall–Kier alpha value is -0.763. The maximum Gasteiger partial charge on any atom is 0.537 e. The molecule has 0 bridgehead atoms. The van der Waals surface area contributed by atoms with Crippen molar-refractivity contribution < 1.29 is 13.3 Å². The van der Waals surface area contributed by atoms with Gasteiger partial charge in [-0.25, -0.2) is 0 Å². The van der Waals surface area contributed by atoms with Crippen molar-refractivity contribution in [1.82, 2.24) is 5.32 Å². The van der Waals surface area contributed by atoms with Crippen LogP contribution in [0.5, 0.6) is 0 Å². The Morgan fingerprint density at radius 1 is 0.920 bits per heavy atom. The van der Waals surface area contributed by atoms with Gasteiger partial charge in [0.15, 0.2) is 0 Å². The van der Waals surface area contributed by atoms with Gasteiger partial charge in [-0.3, -0.25) is 5.32 Å². The van der Waals surface area contributed by atoms with Crippen LogP contribution in [0.15, 0.2) is 24.3 Å². The second kappa shape index (κ2) is 11.8. The van der Waals surface area contributed by atoms with Gasteiger partial charge < -0.3 is 19.0 Å². The van der Waals surface area contributed by atoms with Crippen molar-refractivity contribution in [3.63, 3.8) is 0 Å². The van der Waals surface area contributed by atoms with E-state index in [4.69, 9.17) is 19.0 Å². The minimum Gasteiger partial charge on any atom is -0.370 e. The highest BCUT2D eigenvalue weighted by molar-refractivity contribution is 6.75. The maximum absolute atomic E-state index is 6.30. The molecule has 0 saturated heterocycles. The number of benzene rings is 1. The van der Waals surface area contributed by atoms with E-state index in [2.05, 4.69) is 45.1 Å². The number of rotatable bonds is 13. The lowest BCUT2D eigenvalue weighted by Crippen LogP contribution is -2.59. The first-order chi connectivity index (χ1) is 12.0. The summed E-state index contributed by atoms with van der Waals surface area (Å²) in [7, 11) is -2.97. The van der Waals surface area contributed by atoms with Gasteiger partial charge in [0, 0.05) is 31.0 Å². The summed E-state index contributed by atoms with van der Waals surface area (Å²) in [4.78, 5) is 0. The molecule has 1 aromatic carbocycles. The highest BCUT2D eigenvalue weighted by atomic mass is 28.4. The summed E-state index contributed by atoms with van der Waals surface area (Å²) in [5.41, 5.74) is 7.07. The van der Waals surface area contributed by atoms with Crippen LogP contribution in [0.25, 0.3) is 0 Å². The standard InChI is InChI=1S/C19H36N2O3Si/c1-6-13-22-25(23-14-7-2,24-15-8-3)19-12-10-9-11-18(19)16(4)21-17(5)20/h9-12,16-17,21H,6-8,13-15,20H2,1-5H3. The van der Waals surface area contributed by atoms with Gasteiger partial charge in [0.1, 0.15) is 0 Å². The zero-order valence-corrected chi connectivity index (χ0v) is 17.5. The molecule has 1 rings (SSSR count). The summed E-state index contributed by atoms with van der Waals surface area (Å²) < 4.78 is 18.9. The lowest BCUT2D eigenvalue weighted by atomic mass is 10.1. The molecule has 144 valence electrons. The van der Waals surface area contributed by atoms with E-state index in [1.165, 1.54) is 0 Å². The van der Waals surface area contributed by atoms with Gasteiger partial charge in [0.05, 0.1) is 6.17 Å². The van der Waals surface area contributed by atoms with E-state index in [-0.39, 0.29) is 12.2 Å². The van der Waals surface area contributed by atoms with Crippen molar-refractivity contribution in [2.24, 2.45) is 5.73 Å². The molecule has 0 radical (unpaired) electrons. The SMILES string of the molecule is CCCO[Si](OCCC)(OCCC)c1ccccc1C(C)NC(C)N. The predicted octanol–water partition coefficient (Wildman–Crippen LogP) is 3.07. The predicted molar refractivity (Wildman–Crippen MR) is 106 cm³/mol. The minimum absolute atomic E-state index is 0.0868. The molecule has 1 aromatic rings. The van der Waals surface area contributed by atoms with Crippen molar-refractivity contribution in [3.05, 3.63) is 29.8 Å². The Balaban J connectivity index is 3.30. The van der Waals surface area contributed by atoms with Gasteiger partial charge in [-0.15, -0.1) is 0 Å². The number of hydrogen-bond donors (Lipinski definition) is 2. The Kier molecular flexibility index (Phi) is 10.5. The van der Waals surface area contributed by atoms with Crippen LogP contribution in [0.1, 0.15) is 65.5 Å². The summed E-state index contributed by atoms with van der Waals surface area (Å²) in [6, 6.07) is 8.35. The molecule has 0 saturated carbocycles. The van der Waals surface area contributed by atoms with Gasteiger partial charge in [0.2, 0.25) is 0 Å². The van der Waals surface area contributed by atoms with E-state index >= 15 is 0 Å². The van der Waals surface area contributed by atoms with Crippen LogP contribution in [0.2, 0.25) is 0 Å². The zero-order chi connectivity index (χ0) is 18.7. The fourth-order valence-electron chi connectivity index (χ4n) is 2.71. The van der Waals surface area contributed by atoms with Crippen molar-refractivity contribution in [3.8, 4) is 0 Å². The Morgan fingerprint density at radius 2 is 1.40 bits per heavy atom. The van der Waals surface area contributed by atoms with E-state index in [9.17, 15) is 0 Å². The largest absolute Gasteiger partial charge is 0.537 e. The Labute approximate surface area is 154 Å². The highest BCUT2D eigenvalue weighted by Gasteiger charge is 2.45. The van der Waals surface area contributed by atoms with Crippen LogP contribution in [0, 0.1) is 0 Å². The van der Waals surface area contributed by atoms with E-state index in [0.717, 1.165) is 30.0 Å². The van der Waals surface area contributed by atoms with Crippen molar-refractivity contribution in [2.45, 2.75) is 66.1 Å². The second-order valence-electron chi connectivity index (χ2n) is 6.37. The first-order valence-electron chi connectivity index (χ1n) is 9.53. The van der Waals surface area contributed by atoms with Crippen LogP contribution in [0.4, 0.5) is 0 Å². The van der Waals surface area contributed by atoms with Gasteiger partial charge in [-0.05, 0) is 38.7 Å². The number of nitrogens with one attached hydrogen (secondary N) is 1. The molecular formula is C19H36N2O3Si. The molecule has 5 nitrogen and oxygen atoms in total. The first-order valence-corrected chi connectivity index (χ1v) is 11.3. The van der Waals surface area contributed by atoms with E-state index in [0.29, 0.717) is 19.8 Å². The summed E-state index contributed by atoms with van der Waals surface area (Å²) in [6.45, 7) is 12.2. The third-order valence-corrected chi connectivity index (χ3v) is 6.63. The van der Waals surface area contributed by atoms with Crippen molar-refractivity contribution in [1.29, 1.82) is 0 Å². The van der Waals surface area contributed by atoms with Crippen LogP contribution in [-0.2, 0) is 13.3 Å². The molecule has 25 heavy (non-hydrogen) atoms. The molecule has 2 unspecified atom stereocenters. The van der Waals surface area contributed by atoms with Crippen LogP contribution in [0.3, 0.4) is 0 Å². The lowest BCUT2D eigenvalue weighted by Gasteiger charge is -2.32. The number of nitrogens with two attached hydrogens (primary N) is 1. The molecule has 2 atom stereocenters. The smallest absolute Gasteiger partial charge is 0.370 e. The van der Waals surface area contributed by atoms with Crippen molar-refractivity contribution in [2.75, 3.05) is 19.8 Å². The van der Waals surface area contributed by atoms with E-state index in [1.54, 1.807) is 0 Å². The summed E-state index contributed by atoms with van der Waals surface area (Å²) in [6.07, 6.45) is 2.68. The van der Waals surface area contributed by atoms with Crippen LogP contribution in [-0.4, -0.2) is 34.8 Å². The fraction of sp³-hybridized carbons (Fsp3) is 0.684. The molecule has 0 heterocycles. The van der Waals surface area contributed by atoms with Gasteiger partial charge >= 0.3 is 8.80 Å². The second-order valence-corrected chi connectivity index (χ2v) is 8.88. The average Bonchev–Trinajstić information content (AvgIpc) is 2.61. The molecule has 6 heteroatoms. The average molecular weight is 369 g/mol. The third kappa shape index (κ3) is 6.81. The van der Waals surface area contributed by atoms with Crippen LogP contribution >= 0.6 is 0 Å². The fourth-order valence-corrected chi connectivity index (χ4v) is 5.79. The maximum atomic E-state index is 6.30. The topological polar surface area (TPSA) is 65.7 Å². The zero-order valence-electron chi connectivity index (χ0n) is 16.5. The van der Waals surface area contributed by atoms with Crippen LogP contribution < -0.4 is 16.2 Å². The van der Waals surface area contributed by atoms with Gasteiger partial charge in [-0.2, -0.15) is 0 Å². The molecular weight excluding hydrogens is 332 g/mol. The monoisotopic (exact) mass is 368 g/mol. The van der Waals surface area contributed by atoms with Crippen molar-refractivity contribution >= 4 is 14.0 Å². The third-order valence-electron chi connectivity index (χ3n) is 3.76. The molecule has 0 amide bonds. The first kappa shape index (κ1) is 22.3. The number of hydrogen-bond acceptors (Lipinski definition) is 5. The summed E-state index contributed by atoms with van der Waals surface area (Å²) in [5.74, 6) is 0.